The van der Waals surface area contributed by atoms with Crippen molar-refractivity contribution >= 4 is 29.9 Å². The summed E-state index contributed by atoms with van der Waals surface area (Å²) in [6, 6.07) is 7.84. The van der Waals surface area contributed by atoms with E-state index in [0.29, 0.717) is 13.1 Å². The fourth-order valence-corrected chi connectivity index (χ4v) is 3.25. The van der Waals surface area contributed by atoms with Gasteiger partial charge in [-0.1, -0.05) is 23.7 Å². The largest absolute Gasteiger partial charge is 0.355 e. The van der Waals surface area contributed by atoms with Gasteiger partial charge in [-0.2, -0.15) is 0 Å². The number of imidazole rings is 1. The molecule has 3 rings (SSSR count). The average molecular weight is 398 g/mol. The molecular weight excluding hydrogens is 373 g/mol. The Kier molecular flexibility index (Phi) is 7.90. The Hall–Kier alpha value is -1.60. The van der Waals surface area contributed by atoms with Gasteiger partial charge in [0, 0.05) is 50.6 Å². The lowest BCUT2D eigenvalue weighted by atomic mass is 10.1. The molecule has 1 aliphatic heterocycles. The van der Waals surface area contributed by atoms with Gasteiger partial charge in [0.2, 0.25) is 5.91 Å². The van der Waals surface area contributed by atoms with Crippen LogP contribution in [-0.2, 0) is 18.3 Å². The van der Waals surface area contributed by atoms with Crippen LogP contribution in [0, 0.1) is 0 Å². The van der Waals surface area contributed by atoms with E-state index in [9.17, 15) is 4.79 Å². The smallest absolute Gasteiger partial charge is 0.234 e. The summed E-state index contributed by atoms with van der Waals surface area (Å²) in [7, 11) is 1.99. The molecule has 1 aromatic carbocycles. The summed E-state index contributed by atoms with van der Waals surface area (Å²) >= 11 is 5.88. The molecule has 1 unspecified atom stereocenters. The van der Waals surface area contributed by atoms with E-state index >= 15 is 0 Å². The number of nitrogens with one attached hydrogen (secondary N) is 2. The Balaban J connectivity index is 0.00000243. The molecule has 142 valence electrons. The molecule has 8 heteroatoms. The number of rotatable bonds is 6. The second kappa shape index (κ2) is 9.92. The SMILES string of the molecule is Cl.Cn1ccnc1C1CNCCN1CC(=O)NCCc1ccc(Cl)cc1. The van der Waals surface area contributed by atoms with Crippen molar-refractivity contribution in [2.75, 3.05) is 32.7 Å². The molecule has 26 heavy (non-hydrogen) atoms. The summed E-state index contributed by atoms with van der Waals surface area (Å²) in [5.41, 5.74) is 1.16. The van der Waals surface area contributed by atoms with Crippen molar-refractivity contribution in [3.05, 3.63) is 53.1 Å². The predicted octanol–water partition coefficient (Wildman–Crippen LogP) is 1.80. The van der Waals surface area contributed by atoms with Crippen LogP contribution in [0.5, 0.6) is 0 Å². The number of halogens is 2. The van der Waals surface area contributed by atoms with Gasteiger partial charge in [-0.25, -0.2) is 4.98 Å². The predicted molar refractivity (Wildman–Crippen MR) is 106 cm³/mol. The van der Waals surface area contributed by atoms with Crippen molar-refractivity contribution < 1.29 is 4.79 Å². The second-order valence-electron chi connectivity index (χ2n) is 6.31. The molecule has 0 saturated carbocycles. The first-order valence-electron chi connectivity index (χ1n) is 8.56. The van der Waals surface area contributed by atoms with Crippen molar-refractivity contribution in [3.63, 3.8) is 0 Å². The van der Waals surface area contributed by atoms with E-state index in [2.05, 4.69) is 20.5 Å². The highest BCUT2D eigenvalue weighted by molar-refractivity contribution is 6.30. The van der Waals surface area contributed by atoms with Crippen molar-refractivity contribution in [3.8, 4) is 0 Å². The van der Waals surface area contributed by atoms with E-state index < -0.39 is 0 Å². The summed E-state index contributed by atoms with van der Waals surface area (Å²) in [6.07, 6.45) is 4.54. The number of carbonyl (C=O) groups is 1. The quantitative estimate of drug-likeness (QED) is 0.779. The number of aryl methyl sites for hydroxylation is 1. The molecular formula is C18H25Cl2N5O. The van der Waals surface area contributed by atoms with Crippen LogP contribution in [0.1, 0.15) is 17.4 Å². The fraction of sp³-hybridized carbons (Fsp3) is 0.444. The van der Waals surface area contributed by atoms with Crippen LogP contribution in [0.15, 0.2) is 36.7 Å². The Morgan fingerprint density at radius 3 is 2.85 bits per heavy atom. The first-order valence-corrected chi connectivity index (χ1v) is 8.94. The third-order valence-corrected chi connectivity index (χ3v) is 4.76. The van der Waals surface area contributed by atoms with E-state index in [1.165, 1.54) is 0 Å². The molecule has 0 radical (unpaired) electrons. The molecule has 2 aromatic rings. The average Bonchev–Trinajstić information content (AvgIpc) is 3.03. The van der Waals surface area contributed by atoms with Gasteiger partial charge in [-0.15, -0.1) is 12.4 Å². The van der Waals surface area contributed by atoms with Crippen LogP contribution >= 0.6 is 24.0 Å². The highest BCUT2D eigenvalue weighted by Gasteiger charge is 2.27. The minimum Gasteiger partial charge on any atom is -0.355 e. The van der Waals surface area contributed by atoms with Crippen LogP contribution in [-0.4, -0.2) is 53.1 Å². The number of amides is 1. The number of nitrogens with zero attached hydrogens (tertiary/aromatic N) is 3. The van der Waals surface area contributed by atoms with E-state index in [-0.39, 0.29) is 24.4 Å². The topological polar surface area (TPSA) is 62.2 Å². The third-order valence-electron chi connectivity index (χ3n) is 4.51. The van der Waals surface area contributed by atoms with Gasteiger partial charge in [0.1, 0.15) is 5.82 Å². The normalized spacial score (nSPS) is 17.5. The Labute approximate surface area is 165 Å². The van der Waals surface area contributed by atoms with Crippen LogP contribution in [0.3, 0.4) is 0 Å². The van der Waals surface area contributed by atoms with Crippen LogP contribution in [0.2, 0.25) is 5.02 Å². The van der Waals surface area contributed by atoms with E-state index in [1.54, 1.807) is 6.20 Å². The molecule has 2 N–H and O–H groups in total. The Morgan fingerprint density at radius 1 is 1.38 bits per heavy atom. The molecule has 0 spiro atoms. The van der Waals surface area contributed by atoms with E-state index in [4.69, 9.17) is 11.6 Å². The van der Waals surface area contributed by atoms with E-state index in [1.807, 2.05) is 42.1 Å². The maximum atomic E-state index is 12.3. The summed E-state index contributed by atoms with van der Waals surface area (Å²) in [5, 5.41) is 7.13. The number of hydrogen-bond donors (Lipinski definition) is 2. The lowest BCUT2D eigenvalue weighted by Gasteiger charge is -2.35. The molecule has 1 saturated heterocycles. The maximum Gasteiger partial charge on any atom is 0.234 e. The zero-order valence-electron chi connectivity index (χ0n) is 14.8. The number of carbonyl (C=O) groups excluding carboxylic acids is 1. The van der Waals surface area contributed by atoms with E-state index in [0.717, 1.165) is 42.5 Å². The summed E-state index contributed by atoms with van der Waals surface area (Å²) in [4.78, 5) is 19.0. The molecule has 1 amide bonds. The van der Waals surface area contributed by atoms with Crippen LogP contribution in [0.25, 0.3) is 0 Å². The number of benzene rings is 1. The van der Waals surface area contributed by atoms with Gasteiger partial charge >= 0.3 is 0 Å². The lowest BCUT2D eigenvalue weighted by Crippen LogP contribution is -2.50. The fourth-order valence-electron chi connectivity index (χ4n) is 3.13. The first-order chi connectivity index (χ1) is 12.1. The number of aromatic nitrogens is 2. The zero-order chi connectivity index (χ0) is 17.6. The summed E-state index contributed by atoms with van der Waals surface area (Å²) < 4.78 is 2.02. The molecule has 0 bridgehead atoms. The van der Waals surface area contributed by atoms with Gasteiger partial charge in [0.25, 0.3) is 0 Å². The Morgan fingerprint density at radius 2 is 2.15 bits per heavy atom. The highest BCUT2D eigenvalue weighted by Crippen LogP contribution is 2.19. The molecule has 1 fully saturated rings. The molecule has 2 heterocycles. The minimum absolute atomic E-state index is 0. The van der Waals surface area contributed by atoms with Gasteiger partial charge in [-0.3, -0.25) is 9.69 Å². The van der Waals surface area contributed by atoms with Gasteiger partial charge in [0.05, 0.1) is 12.6 Å². The standard InChI is InChI=1S/C18H24ClN5O.ClH/c1-23-10-9-22-18(23)16-12-20-8-11-24(16)13-17(25)21-7-6-14-2-4-15(19)5-3-14;/h2-5,9-10,16,20H,6-8,11-13H2,1H3,(H,21,25);1H. The zero-order valence-corrected chi connectivity index (χ0v) is 16.4. The molecule has 1 atom stereocenters. The number of piperazine rings is 1. The number of hydrogen-bond acceptors (Lipinski definition) is 4. The minimum atomic E-state index is 0. The maximum absolute atomic E-state index is 12.3. The van der Waals surface area contributed by atoms with Crippen molar-refractivity contribution in [2.45, 2.75) is 12.5 Å². The molecule has 1 aromatic heterocycles. The van der Waals surface area contributed by atoms with Crippen molar-refractivity contribution in [1.82, 2.24) is 25.1 Å². The van der Waals surface area contributed by atoms with Gasteiger partial charge in [0.15, 0.2) is 0 Å². The van der Waals surface area contributed by atoms with Crippen LogP contribution in [0.4, 0.5) is 0 Å². The van der Waals surface area contributed by atoms with Crippen LogP contribution < -0.4 is 10.6 Å². The molecule has 0 aliphatic carbocycles. The third kappa shape index (κ3) is 5.45. The second-order valence-corrected chi connectivity index (χ2v) is 6.75. The van der Waals surface area contributed by atoms with Gasteiger partial charge in [-0.05, 0) is 24.1 Å². The lowest BCUT2D eigenvalue weighted by molar-refractivity contribution is -0.123. The van der Waals surface area contributed by atoms with Gasteiger partial charge < -0.3 is 15.2 Å². The van der Waals surface area contributed by atoms with Crippen molar-refractivity contribution in [2.24, 2.45) is 7.05 Å². The summed E-state index contributed by atoms with van der Waals surface area (Å²) in [5.74, 6) is 1.04. The Bertz CT molecular complexity index is 704. The summed E-state index contributed by atoms with van der Waals surface area (Å²) in [6.45, 7) is 3.55. The monoisotopic (exact) mass is 397 g/mol. The highest BCUT2D eigenvalue weighted by atomic mass is 35.5. The molecule has 6 nitrogen and oxygen atoms in total. The molecule has 1 aliphatic rings. The van der Waals surface area contributed by atoms with Crippen molar-refractivity contribution in [1.29, 1.82) is 0 Å². The first kappa shape index (κ1) is 20.7.